The second-order valence-electron chi connectivity index (χ2n) is 3.87. The van der Waals surface area contributed by atoms with Gasteiger partial charge in [0.15, 0.2) is 0 Å². The fraction of sp³-hybridized carbons (Fsp3) is 1.00. The van der Waals surface area contributed by atoms with Crippen LogP contribution in [0.1, 0.15) is 72.1 Å². The summed E-state index contributed by atoms with van der Waals surface area (Å²) in [4.78, 5) is 0. The second kappa shape index (κ2) is 15.4. The van der Waals surface area contributed by atoms with E-state index in [1.54, 1.807) is 0 Å². The molecule has 0 saturated carbocycles. The molecule has 0 aliphatic rings. The molecule has 0 saturated heterocycles. The topological polar surface area (TPSA) is 52.0 Å². The molecule has 0 aromatic heterocycles. The number of nitrogens with two attached hydrogens (primary N) is 2. The Kier molecular flexibility index (Phi) is 18.0. The molecule has 0 aliphatic carbocycles. The van der Waals surface area contributed by atoms with Gasteiger partial charge in [-0.2, -0.15) is 0 Å². The minimum absolute atomic E-state index is 0.0958. The summed E-state index contributed by atoms with van der Waals surface area (Å²) < 4.78 is 0. The molecular formula is C12H30N2. The third-order valence-electron chi connectivity index (χ3n) is 2.10. The van der Waals surface area contributed by atoms with E-state index in [4.69, 9.17) is 11.5 Å². The predicted octanol–water partition coefficient (Wildman–Crippen LogP) is 3.40. The molecule has 0 unspecified atom stereocenters. The van der Waals surface area contributed by atoms with Gasteiger partial charge in [-0.3, -0.25) is 0 Å². The molecular weight excluding hydrogens is 172 g/mol. The van der Waals surface area contributed by atoms with Gasteiger partial charge in [-0.05, 0) is 6.42 Å². The first-order chi connectivity index (χ1) is 6.68. The lowest BCUT2D eigenvalue weighted by Gasteiger charge is -2.01. The van der Waals surface area contributed by atoms with E-state index in [1.807, 2.05) is 0 Å². The molecule has 0 bridgehead atoms. The van der Waals surface area contributed by atoms with E-state index < -0.39 is 0 Å². The number of hydrogen-bond donors (Lipinski definition) is 2. The highest BCUT2D eigenvalue weighted by atomic mass is 14.8. The van der Waals surface area contributed by atoms with Crippen LogP contribution in [0.4, 0.5) is 0 Å². The SMILES string of the molecule is CCCCCC.CCCCCC(N)N. The highest BCUT2D eigenvalue weighted by Gasteiger charge is 1.90. The van der Waals surface area contributed by atoms with Gasteiger partial charge in [0.2, 0.25) is 0 Å². The van der Waals surface area contributed by atoms with Crippen molar-refractivity contribution in [1.29, 1.82) is 0 Å². The van der Waals surface area contributed by atoms with E-state index in [2.05, 4.69) is 20.8 Å². The van der Waals surface area contributed by atoms with Crippen molar-refractivity contribution in [3.05, 3.63) is 0 Å². The summed E-state index contributed by atoms with van der Waals surface area (Å²) in [6, 6.07) is 0. The van der Waals surface area contributed by atoms with Crippen LogP contribution in [0.15, 0.2) is 0 Å². The smallest absolute Gasteiger partial charge is 0.0520 e. The lowest BCUT2D eigenvalue weighted by atomic mass is 10.2. The first-order valence-electron chi connectivity index (χ1n) is 6.20. The molecule has 0 rings (SSSR count). The maximum absolute atomic E-state index is 5.31. The van der Waals surface area contributed by atoms with E-state index in [0.29, 0.717) is 0 Å². The van der Waals surface area contributed by atoms with Gasteiger partial charge in [-0.25, -0.2) is 0 Å². The van der Waals surface area contributed by atoms with Crippen LogP contribution in [0.2, 0.25) is 0 Å². The average Bonchev–Trinajstić information content (AvgIpc) is 2.16. The molecule has 14 heavy (non-hydrogen) atoms. The molecule has 0 heterocycles. The summed E-state index contributed by atoms with van der Waals surface area (Å²) >= 11 is 0. The van der Waals surface area contributed by atoms with Crippen molar-refractivity contribution in [2.24, 2.45) is 11.5 Å². The molecule has 0 spiro atoms. The number of hydrogen-bond acceptors (Lipinski definition) is 2. The summed E-state index contributed by atoms with van der Waals surface area (Å²) in [7, 11) is 0. The Morgan fingerprint density at radius 1 is 0.714 bits per heavy atom. The Hall–Kier alpha value is -0.0800. The van der Waals surface area contributed by atoms with Crippen LogP contribution >= 0.6 is 0 Å². The molecule has 0 aliphatic heterocycles. The van der Waals surface area contributed by atoms with Gasteiger partial charge in [0, 0.05) is 0 Å². The van der Waals surface area contributed by atoms with Crippen molar-refractivity contribution in [3.8, 4) is 0 Å². The minimum atomic E-state index is -0.0958. The van der Waals surface area contributed by atoms with Crippen LogP contribution in [0.3, 0.4) is 0 Å². The van der Waals surface area contributed by atoms with E-state index in [1.165, 1.54) is 44.9 Å². The first-order valence-corrected chi connectivity index (χ1v) is 6.20. The Bertz CT molecular complexity index is 78.4. The van der Waals surface area contributed by atoms with Crippen LogP contribution in [0.25, 0.3) is 0 Å². The molecule has 0 atom stereocenters. The molecule has 0 amide bonds. The fourth-order valence-corrected chi connectivity index (χ4v) is 1.13. The first kappa shape index (κ1) is 16.4. The molecule has 2 heteroatoms. The van der Waals surface area contributed by atoms with Gasteiger partial charge >= 0.3 is 0 Å². The van der Waals surface area contributed by atoms with Crippen molar-refractivity contribution in [1.82, 2.24) is 0 Å². The fourth-order valence-electron chi connectivity index (χ4n) is 1.13. The molecule has 0 fully saturated rings. The highest BCUT2D eigenvalue weighted by molar-refractivity contribution is 4.49. The zero-order valence-corrected chi connectivity index (χ0v) is 10.4. The van der Waals surface area contributed by atoms with E-state index in [9.17, 15) is 0 Å². The molecule has 88 valence electrons. The maximum Gasteiger partial charge on any atom is 0.0520 e. The van der Waals surface area contributed by atoms with E-state index in [0.717, 1.165) is 6.42 Å². The van der Waals surface area contributed by atoms with Crippen molar-refractivity contribution in [2.75, 3.05) is 0 Å². The quantitative estimate of drug-likeness (QED) is 0.491. The predicted molar refractivity (Wildman–Crippen MR) is 66.1 cm³/mol. The Morgan fingerprint density at radius 2 is 1.07 bits per heavy atom. The van der Waals surface area contributed by atoms with E-state index >= 15 is 0 Å². The Labute approximate surface area is 90.4 Å². The van der Waals surface area contributed by atoms with Crippen LogP contribution in [-0.4, -0.2) is 6.17 Å². The third-order valence-corrected chi connectivity index (χ3v) is 2.10. The maximum atomic E-state index is 5.31. The lowest BCUT2D eigenvalue weighted by molar-refractivity contribution is 0.575. The highest BCUT2D eigenvalue weighted by Crippen LogP contribution is 1.97. The Morgan fingerprint density at radius 3 is 1.36 bits per heavy atom. The van der Waals surface area contributed by atoms with Gasteiger partial charge < -0.3 is 11.5 Å². The summed E-state index contributed by atoms with van der Waals surface area (Å²) in [5.74, 6) is 0. The monoisotopic (exact) mass is 202 g/mol. The van der Waals surface area contributed by atoms with E-state index in [-0.39, 0.29) is 6.17 Å². The molecule has 0 aromatic carbocycles. The summed E-state index contributed by atoms with van der Waals surface area (Å²) in [6.45, 7) is 6.63. The zero-order chi connectivity index (χ0) is 11.2. The van der Waals surface area contributed by atoms with Crippen molar-refractivity contribution in [3.63, 3.8) is 0 Å². The Balaban J connectivity index is 0. The molecule has 0 aromatic rings. The van der Waals surface area contributed by atoms with Gasteiger partial charge in [0.25, 0.3) is 0 Å². The lowest BCUT2D eigenvalue weighted by Crippen LogP contribution is -2.29. The van der Waals surface area contributed by atoms with Gasteiger partial charge in [-0.1, -0.05) is 65.7 Å². The second-order valence-corrected chi connectivity index (χ2v) is 3.87. The van der Waals surface area contributed by atoms with Crippen LogP contribution in [-0.2, 0) is 0 Å². The normalized spacial score (nSPS) is 9.86. The standard InChI is InChI=1S/C6H16N2.C6H14/c1-2-3-4-5-6(7)8;1-3-5-6-4-2/h6H,2-5,7-8H2,1H3;3-6H2,1-2H3. The van der Waals surface area contributed by atoms with Crippen LogP contribution < -0.4 is 11.5 Å². The summed E-state index contributed by atoms with van der Waals surface area (Å²) in [6.07, 6.45) is 10.1. The van der Waals surface area contributed by atoms with Crippen LogP contribution in [0.5, 0.6) is 0 Å². The van der Waals surface area contributed by atoms with Gasteiger partial charge in [0.1, 0.15) is 0 Å². The molecule has 2 nitrogen and oxygen atoms in total. The minimum Gasteiger partial charge on any atom is -0.316 e. The van der Waals surface area contributed by atoms with Crippen LogP contribution in [0, 0.1) is 0 Å². The van der Waals surface area contributed by atoms with Gasteiger partial charge in [-0.15, -0.1) is 0 Å². The summed E-state index contributed by atoms with van der Waals surface area (Å²) in [5.41, 5.74) is 10.6. The summed E-state index contributed by atoms with van der Waals surface area (Å²) in [5, 5.41) is 0. The largest absolute Gasteiger partial charge is 0.316 e. The molecule has 0 radical (unpaired) electrons. The van der Waals surface area contributed by atoms with Crippen molar-refractivity contribution in [2.45, 2.75) is 78.3 Å². The number of unbranched alkanes of at least 4 members (excludes halogenated alkanes) is 5. The number of rotatable bonds is 7. The molecule has 4 N–H and O–H groups in total. The van der Waals surface area contributed by atoms with Gasteiger partial charge in [0.05, 0.1) is 6.17 Å². The van der Waals surface area contributed by atoms with Crippen molar-refractivity contribution < 1.29 is 0 Å². The van der Waals surface area contributed by atoms with Crippen molar-refractivity contribution >= 4 is 0 Å². The third kappa shape index (κ3) is 22.7. The average molecular weight is 202 g/mol. The zero-order valence-electron chi connectivity index (χ0n) is 10.4.